The molecule has 96 valence electrons. The fraction of sp³-hybridized carbons (Fsp3) is 1.00. The van der Waals surface area contributed by atoms with Crippen molar-refractivity contribution in [3.05, 3.63) is 0 Å². The molecule has 0 saturated heterocycles. The zero-order valence-corrected chi connectivity index (χ0v) is 11.3. The van der Waals surface area contributed by atoms with Gasteiger partial charge >= 0.3 is 0 Å². The molecular weight excluding hydrogens is 202 g/mol. The maximum atomic E-state index is 9.02. The molecule has 1 rings (SSSR count). The normalized spacial score (nSPS) is 30.2. The monoisotopic (exact) mass is 229 g/mol. The van der Waals surface area contributed by atoms with E-state index in [-0.39, 0.29) is 18.1 Å². The Labute approximate surface area is 99.6 Å². The standard InChI is InChI=1S/C13H27NO2/c1-9(2)8-16-12-6-11(13(12,4)5)14-10(3)7-15/h9-12,14-15H,6-8H2,1-5H3/t10-,11?,12?/m0/s1. The van der Waals surface area contributed by atoms with E-state index in [0.717, 1.165) is 13.0 Å². The molecule has 1 aliphatic rings. The Hall–Kier alpha value is -0.120. The number of ether oxygens (including phenoxy) is 1. The highest BCUT2D eigenvalue weighted by atomic mass is 16.5. The van der Waals surface area contributed by atoms with Gasteiger partial charge in [-0.05, 0) is 19.3 Å². The molecule has 1 fully saturated rings. The van der Waals surface area contributed by atoms with Gasteiger partial charge in [0, 0.05) is 24.1 Å². The Bertz CT molecular complexity index is 216. The summed E-state index contributed by atoms with van der Waals surface area (Å²) < 4.78 is 5.90. The number of nitrogens with one attached hydrogen (secondary N) is 1. The van der Waals surface area contributed by atoms with Crippen LogP contribution in [0.3, 0.4) is 0 Å². The Balaban J connectivity index is 2.35. The van der Waals surface area contributed by atoms with Crippen LogP contribution in [0.2, 0.25) is 0 Å². The molecule has 0 radical (unpaired) electrons. The van der Waals surface area contributed by atoms with Gasteiger partial charge in [0.2, 0.25) is 0 Å². The molecule has 2 unspecified atom stereocenters. The van der Waals surface area contributed by atoms with E-state index in [1.54, 1.807) is 0 Å². The molecule has 0 aromatic carbocycles. The van der Waals surface area contributed by atoms with Crippen molar-refractivity contribution >= 4 is 0 Å². The number of aliphatic hydroxyl groups excluding tert-OH is 1. The van der Waals surface area contributed by atoms with Crippen LogP contribution in [0.25, 0.3) is 0 Å². The van der Waals surface area contributed by atoms with Gasteiger partial charge in [-0.3, -0.25) is 0 Å². The summed E-state index contributed by atoms with van der Waals surface area (Å²) in [5, 5.41) is 12.5. The van der Waals surface area contributed by atoms with Crippen molar-refractivity contribution in [3.8, 4) is 0 Å². The molecule has 3 nitrogen and oxygen atoms in total. The van der Waals surface area contributed by atoms with E-state index in [0.29, 0.717) is 18.1 Å². The topological polar surface area (TPSA) is 41.5 Å². The minimum atomic E-state index is 0.176. The van der Waals surface area contributed by atoms with Crippen LogP contribution in [0.1, 0.15) is 41.0 Å². The molecule has 3 heteroatoms. The zero-order valence-electron chi connectivity index (χ0n) is 11.3. The van der Waals surface area contributed by atoms with Crippen LogP contribution >= 0.6 is 0 Å². The summed E-state index contributed by atoms with van der Waals surface area (Å²) in [6.45, 7) is 11.9. The molecule has 0 heterocycles. The highest BCUT2D eigenvalue weighted by Gasteiger charge is 2.49. The van der Waals surface area contributed by atoms with E-state index in [1.165, 1.54) is 0 Å². The van der Waals surface area contributed by atoms with Crippen LogP contribution in [0.5, 0.6) is 0 Å². The molecule has 2 N–H and O–H groups in total. The first kappa shape index (κ1) is 13.9. The summed E-state index contributed by atoms with van der Waals surface area (Å²) in [5.41, 5.74) is 0.179. The Morgan fingerprint density at radius 1 is 1.38 bits per heavy atom. The SMILES string of the molecule is CC(C)COC1CC(N[C@@H](C)CO)C1(C)C. The van der Waals surface area contributed by atoms with Crippen molar-refractivity contribution in [3.63, 3.8) is 0 Å². The smallest absolute Gasteiger partial charge is 0.0656 e. The predicted molar refractivity (Wildman–Crippen MR) is 66.4 cm³/mol. The Morgan fingerprint density at radius 2 is 2.00 bits per heavy atom. The van der Waals surface area contributed by atoms with E-state index in [9.17, 15) is 0 Å². The van der Waals surface area contributed by atoms with Gasteiger partial charge in [0.1, 0.15) is 0 Å². The summed E-state index contributed by atoms with van der Waals surface area (Å²) >= 11 is 0. The van der Waals surface area contributed by atoms with Crippen molar-refractivity contribution in [2.24, 2.45) is 11.3 Å². The lowest BCUT2D eigenvalue weighted by atomic mass is 9.64. The van der Waals surface area contributed by atoms with Gasteiger partial charge in [0.25, 0.3) is 0 Å². The maximum absolute atomic E-state index is 9.02. The second kappa shape index (κ2) is 5.48. The highest BCUT2D eigenvalue weighted by Crippen LogP contribution is 2.43. The quantitative estimate of drug-likeness (QED) is 0.729. The number of hydrogen-bond acceptors (Lipinski definition) is 3. The Morgan fingerprint density at radius 3 is 2.44 bits per heavy atom. The average molecular weight is 229 g/mol. The van der Waals surface area contributed by atoms with Gasteiger partial charge in [-0.2, -0.15) is 0 Å². The van der Waals surface area contributed by atoms with Crippen LogP contribution in [0, 0.1) is 11.3 Å². The van der Waals surface area contributed by atoms with E-state index >= 15 is 0 Å². The summed E-state index contributed by atoms with van der Waals surface area (Å²) in [6, 6.07) is 0.641. The van der Waals surface area contributed by atoms with E-state index < -0.39 is 0 Å². The fourth-order valence-electron chi connectivity index (χ4n) is 2.16. The third kappa shape index (κ3) is 3.19. The number of hydrogen-bond donors (Lipinski definition) is 2. The first-order valence-electron chi connectivity index (χ1n) is 6.36. The van der Waals surface area contributed by atoms with Crippen molar-refractivity contribution < 1.29 is 9.84 Å². The first-order chi connectivity index (χ1) is 7.37. The summed E-state index contributed by atoms with van der Waals surface area (Å²) in [6.07, 6.45) is 1.42. The molecule has 16 heavy (non-hydrogen) atoms. The third-order valence-electron chi connectivity index (χ3n) is 3.57. The molecule has 1 aliphatic carbocycles. The molecule has 0 aliphatic heterocycles. The van der Waals surface area contributed by atoms with Crippen molar-refractivity contribution in [2.45, 2.75) is 59.2 Å². The van der Waals surface area contributed by atoms with Gasteiger partial charge < -0.3 is 15.2 Å². The number of rotatable bonds is 6. The maximum Gasteiger partial charge on any atom is 0.0656 e. The molecular formula is C13H27NO2. The second-order valence-corrected chi connectivity index (χ2v) is 6.08. The lowest BCUT2D eigenvalue weighted by Crippen LogP contribution is -2.63. The van der Waals surface area contributed by atoms with Gasteiger partial charge in [-0.15, -0.1) is 0 Å². The van der Waals surface area contributed by atoms with Gasteiger partial charge in [0.15, 0.2) is 0 Å². The molecule has 0 aromatic heterocycles. The molecule has 0 amide bonds. The zero-order chi connectivity index (χ0) is 12.3. The minimum Gasteiger partial charge on any atom is -0.395 e. The predicted octanol–water partition coefficient (Wildman–Crippen LogP) is 1.80. The van der Waals surface area contributed by atoms with Crippen LogP contribution in [-0.2, 0) is 4.74 Å². The fourth-order valence-corrected chi connectivity index (χ4v) is 2.16. The van der Waals surface area contributed by atoms with E-state index in [1.807, 2.05) is 6.92 Å². The lowest BCUT2D eigenvalue weighted by molar-refractivity contribution is -0.126. The molecule has 1 saturated carbocycles. The third-order valence-corrected chi connectivity index (χ3v) is 3.57. The largest absolute Gasteiger partial charge is 0.395 e. The lowest BCUT2D eigenvalue weighted by Gasteiger charge is -2.52. The van der Waals surface area contributed by atoms with Crippen LogP contribution < -0.4 is 5.32 Å². The highest BCUT2D eigenvalue weighted by molar-refractivity contribution is 5.03. The molecule has 0 bridgehead atoms. The summed E-state index contributed by atoms with van der Waals surface area (Å²) in [7, 11) is 0. The van der Waals surface area contributed by atoms with Crippen LogP contribution in [0.4, 0.5) is 0 Å². The van der Waals surface area contributed by atoms with Crippen LogP contribution in [0.15, 0.2) is 0 Å². The van der Waals surface area contributed by atoms with Crippen LogP contribution in [-0.4, -0.2) is 36.5 Å². The molecule has 0 spiro atoms. The van der Waals surface area contributed by atoms with E-state index in [2.05, 4.69) is 33.0 Å². The van der Waals surface area contributed by atoms with E-state index in [4.69, 9.17) is 9.84 Å². The van der Waals surface area contributed by atoms with Crippen molar-refractivity contribution in [2.75, 3.05) is 13.2 Å². The second-order valence-electron chi connectivity index (χ2n) is 6.08. The molecule has 0 aromatic rings. The Kier molecular flexibility index (Phi) is 4.77. The minimum absolute atomic E-state index is 0.176. The molecule has 3 atom stereocenters. The first-order valence-corrected chi connectivity index (χ1v) is 6.36. The van der Waals surface area contributed by atoms with Crippen molar-refractivity contribution in [1.82, 2.24) is 5.32 Å². The summed E-state index contributed by atoms with van der Waals surface area (Å²) in [5.74, 6) is 0.596. The van der Waals surface area contributed by atoms with Crippen molar-refractivity contribution in [1.29, 1.82) is 0 Å². The van der Waals surface area contributed by atoms with Gasteiger partial charge in [0.05, 0.1) is 12.7 Å². The van der Waals surface area contributed by atoms with Gasteiger partial charge in [-0.25, -0.2) is 0 Å². The summed E-state index contributed by atoms with van der Waals surface area (Å²) in [4.78, 5) is 0. The average Bonchev–Trinajstić information content (AvgIpc) is 2.21. The van der Waals surface area contributed by atoms with Gasteiger partial charge in [-0.1, -0.05) is 27.7 Å². The number of aliphatic hydroxyl groups is 1.